The van der Waals surface area contributed by atoms with E-state index in [0.29, 0.717) is 5.57 Å². The van der Waals surface area contributed by atoms with E-state index in [9.17, 15) is 4.79 Å². The fourth-order valence-electron chi connectivity index (χ4n) is 0.749. The topological polar surface area (TPSA) is 107 Å². The predicted molar refractivity (Wildman–Crippen MR) is 52.5 cm³/mol. The largest absolute Gasteiger partial charge is 0.383 e. The van der Waals surface area contributed by atoms with Crippen LogP contribution in [0.25, 0.3) is 0 Å². The molecule has 0 bridgehead atoms. The second kappa shape index (κ2) is 4.97. The van der Waals surface area contributed by atoms with Crippen LogP contribution in [0.5, 0.6) is 0 Å². The molecule has 0 fully saturated rings. The van der Waals surface area contributed by atoms with Gasteiger partial charge in [0.25, 0.3) is 0 Å². The molecule has 0 saturated heterocycles. The maximum atomic E-state index is 11.0. The smallest absolute Gasteiger partial charge is 0.192 e. The summed E-state index contributed by atoms with van der Waals surface area (Å²) in [6.45, 7) is 3.16. The van der Waals surface area contributed by atoms with Crippen molar-refractivity contribution >= 4 is 11.7 Å². The van der Waals surface area contributed by atoms with E-state index < -0.39 is 0 Å². The van der Waals surface area contributed by atoms with Gasteiger partial charge in [-0.2, -0.15) is 4.99 Å². The van der Waals surface area contributed by atoms with Crippen LogP contribution in [0.15, 0.2) is 28.5 Å². The highest BCUT2D eigenvalue weighted by molar-refractivity contribution is 5.97. The van der Waals surface area contributed by atoms with Crippen molar-refractivity contribution in [3.05, 3.63) is 23.5 Å². The molecule has 0 heterocycles. The van der Waals surface area contributed by atoms with Crippen molar-refractivity contribution in [3.8, 4) is 0 Å². The number of nitrogens with two attached hydrogens (primary N) is 3. The molecule has 0 aromatic rings. The van der Waals surface area contributed by atoms with Gasteiger partial charge in [-0.1, -0.05) is 12.2 Å². The molecule has 0 radical (unpaired) electrons. The van der Waals surface area contributed by atoms with Crippen molar-refractivity contribution in [1.82, 2.24) is 0 Å². The average Bonchev–Trinajstić information content (AvgIpc) is 1.97. The zero-order valence-electron chi connectivity index (χ0n) is 7.74. The molecule has 5 heteroatoms. The summed E-state index contributed by atoms with van der Waals surface area (Å²) in [5.41, 5.74) is 16.0. The van der Waals surface area contributed by atoms with Crippen LogP contribution >= 0.6 is 0 Å². The Bertz CT molecular complexity index is 285. The summed E-state index contributed by atoms with van der Waals surface area (Å²) in [5, 5.41) is 0. The molecule has 0 aromatic heterocycles. The maximum Gasteiger partial charge on any atom is 0.192 e. The van der Waals surface area contributed by atoms with Crippen LogP contribution in [-0.4, -0.2) is 11.7 Å². The van der Waals surface area contributed by atoms with E-state index in [0.717, 1.165) is 0 Å². The Morgan fingerprint density at radius 2 is 1.85 bits per heavy atom. The van der Waals surface area contributed by atoms with Crippen molar-refractivity contribution in [2.45, 2.75) is 13.8 Å². The first kappa shape index (κ1) is 11.2. The zero-order valence-corrected chi connectivity index (χ0v) is 7.74. The number of hydrogen-bond donors (Lipinski definition) is 3. The number of rotatable bonds is 3. The molecule has 6 N–H and O–H groups in total. The van der Waals surface area contributed by atoms with Crippen LogP contribution in [0.1, 0.15) is 13.8 Å². The van der Waals surface area contributed by atoms with E-state index >= 15 is 0 Å². The molecule has 0 aliphatic heterocycles. The molecule has 0 unspecified atom stereocenters. The van der Waals surface area contributed by atoms with Gasteiger partial charge in [-0.25, -0.2) is 0 Å². The number of aliphatic imine (C=N–C) groups is 1. The molecule has 5 nitrogen and oxygen atoms in total. The predicted octanol–water partition coefficient (Wildman–Crippen LogP) is -0.405. The third kappa shape index (κ3) is 3.95. The Morgan fingerprint density at radius 1 is 1.31 bits per heavy atom. The van der Waals surface area contributed by atoms with Crippen molar-refractivity contribution < 1.29 is 4.79 Å². The highest BCUT2D eigenvalue weighted by atomic mass is 16.1. The van der Waals surface area contributed by atoms with Crippen LogP contribution in [-0.2, 0) is 4.79 Å². The monoisotopic (exact) mass is 182 g/mol. The van der Waals surface area contributed by atoms with Gasteiger partial charge in [0.2, 0.25) is 0 Å². The van der Waals surface area contributed by atoms with E-state index in [1.807, 2.05) is 0 Å². The Morgan fingerprint density at radius 3 is 2.15 bits per heavy atom. The van der Waals surface area contributed by atoms with Crippen molar-refractivity contribution in [2.24, 2.45) is 22.2 Å². The molecular weight excluding hydrogens is 168 g/mol. The quantitative estimate of drug-likeness (QED) is 0.239. The number of allylic oxidation sites excluding steroid dienone is 3. The van der Waals surface area contributed by atoms with Gasteiger partial charge < -0.3 is 17.2 Å². The van der Waals surface area contributed by atoms with Gasteiger partial charge in [0, 0.05) is 0 Å². The summed E-state index contributed by atoms with van der Waals surface area (Å²) in [4.78, 5) is 14.6. The van der Waals surface area contributed by atoms with Crippen molar-refractivity contribution in [1.29, 1.82) is 0 Å². The minimum atomic E-state index is -0.180. The molecule has 0 rings (SSSR count). The molecular formula is C8H14N4O. The lowest BCUT2D eigenvalue weighted by molar-refractivity contribution is -0.113. The number of nitrogens with zero attached hydrogens (tertiary/aromatic N) is 1. The highest BCUT2D eigenvalue weighted by Gasteiger charge is 2.04. The third-order valence-corrected chi connectivity index (χ3v) is 1.24. The third-order valence-electron chi connectivity index (χ3n) is 1.24. The van der Waals surface area contributed by atoms with Gasteiger partial charge >= 0.3 is 0 Å². The standard InChI is InChI=1S/C8H14N4O/c1-3-4-6(5(2)13)7(9)12-8(10)11/h3-4H,9H2,1-2H3,(H4,10,11,12)/b4-3-,7-6-. The van der Waals surface area contributed by atoms with Gasteiger partial charge in [-0.3, -0.25) is 4.79 Å². The molecule has 0 spiro atoms. The molecule has 0 aliphatic rings. The summed E-state index contributed by atoms with van der Waals surface area (Å²) in [6.07, 6.45) is 3.25. The molecule has 0 atom stereocenters. The lowest BCUT2D eigenvalue weighted by Gasteiger charge is -1.99. The normalized spacial score (nSPS) is 12.5. The molecule has 0 amide bonds. The van der Waals surface area contributed by atoms with Gasteiger partial charge in [-0.05, 0) is 13.8 Å². The maximum absolute atomic E-state index is 11.0. The van der Waals surface area contributed by atoms with Gasteiger partial charge in [0.05, 0.1) is 5.57 Å². The summed E-state index contributed by atoms with van der Waals surface area (Å²) >= 11 is 0. The molecule has 13 heavy (non-hydrogen) atoms. The molecule has 0 saturated carbocycles. The highest BCUT2D eigenvalue weighted by Crippen LogP contribution is 2.03. The SMILES string of the molecule is C/C=C\C(C(C)=O)=C(/N)N=C(N)N. The zero-order chi connectivity index (χ0) is 10.4. The van der Waals surface area contributed by atoms with Crippen LogP contribution in [0.2, 0.25) is 0 Å². The minimum absolute atomic E-state index is 0.0330. The molecule has 0 aliphatic carbocycles. The van der Waals surface area contributed by atoms with E-state index in [1.165, 1.54) is 6.92 Å². The number of guanidine groups is 1. The number of hydrogen-bond acceptors (Lipinski definition) is 3. The van der Waals surface area contributed by atoms with E-state index in [4.69, 9.17) is 17.2 Å². The van der Waals surface area contributed by atoms with Crippen LogP contribution in [0.4, 0.5) is 0 Å². The van der Waals surface area contributed by atoms with E-state index in [-0.39, 0.29) is 17.6 Å². The summed E-state index contributed by atoms with van der Waals surface area (Å²) < 4.78 is 0. The number of Topliss-reactive ketones (excluding diaryl/α,β-unsaturated/α-hetero) is 1. The number of carbonyl (C=O) groups excluding carboxylic acids is 1. The van der Waals surface area contributed by atoms with Crippen LogP contribution in [0.3, 0.4) is 0 Å². The molecule has 0 aromatic carbocycles. The number of carbonyl (C=O) groups is 1. The lowest BCUT2D eigenvalue weighted by Crippen LogP contribution is -2.24. The summed E-state index contributed by atoms with van der Waals surface area (Å²) in [6, 6.07) is 0. The first-order chi connectivity index (χ1) is 5.99. The minimum Gasteiger partial charge on any atom is -0.383 e. The molecule has 72 valence electrons. The van der Waals surface area contributed by atoms with Gasteiger partial charge in [0.15, 0.2) is 11.7 Å². The van der Waals surface area contributed by atoms with Crippen molar-refractivity contribution in [2.75, 3.05) is 0 Å². The van der Waals surface area contributed by atoms with E-state index in [2.05, 4.69) is 4.99 Å². The first-order valence-electron chi connectivity index (χ1n) is 3.72. The van der Waals surface area contributed by atoms with Crippen LogP contribution < -0.4 is 17.2 Å². The Hall–Kier alpha value is -1.78. The van der Waals surface area contributed by atoms with E-state index in [1.54, 1.807) is 19.1 Å². The van der Waals surface area contributed by atoms with Crippen LogP contribution in [0, 0.1) is 0 Å². The Balaban J connectivity index is 5.09. The fourth-order valence-corrected chi connectivity index (χ4v) is 0.749. The fraction of sp³-hybridized carbons (Fsp3) is 0.250. The Labute approximate surface area is 77.0 Å². The second-order valence-electron chi connectivity index (χ2n) is 2.39. The lowest BCUT2D eigenvalue weighted by atomic mass is 10.2. The van der Waals surface area contributed by atoms with Gasteiger partial charge in [-0.15, -0.1) is 0 Å². The van der Waals surface area contributed by atoms with Crippen molar-refractivity contribution in [3.63, 3.8) is 0 Å². The van der Waals surface area contributed by atoms with Gasteiger partial charge in [0.1, 0.15) is 5.82 Å². The Kier molecular flexibility index (Phi) is 4.29. The first-order valence-corrected chi connectivity index (χ1v) is 3.72. The second-order valence-corrected chi connectivity index (χ2v) is 2.39. The summed E-state index contributed by atoms with van der Waals surface area (Å²) in [7, 11) is 0. The average molecular weight is 182 g/mol. The number of ketones is 1. The summed E-state index contributed by atoms with van der Waals surface area (Å²) in [5.74, 6) is -0.313.